The van der Waals surface area contributed by atoms with Crippen molar-refractivity contribution in [3.05, 3.63) is 57.3 Å². The number of carbonyl (C=O) groups is 1. The molecular formula is C17H21NO2S. The number of hydrogen-bond donors (Lipinski definition) is 2. The monoisotopic (exact) mass is 303 g/mol. The van der Waals surface area contributed by atoms with Gasteiger partial charge in [-0.05, 0) is 43.3 Å². The van der Waals surface area contributed by atoms with Crippen LogP contribution < -0.4 is 5.32 Å². The van der Waals surface area contributed by atoms with E-state index >= 15 is 0 Å². The Kier molecular flexibility index (Phi) is 5.15. The molecule has 0 fully saturated rings. The third kappa shape index (κ3) is 4.16. The standard InChI is InChI=1S/C17H21NO2S/c1-11-6-7-12(2)14(9-11)13(3)18-15(10-17(19)20)16-5-4-8-21-16/h4-9,13,15,18H,10H2,1-3H3,(H,19,20). The molecule has 3 nitrogen and oxygen atoms in total. The molecule has 1 heterocycles. The van der Waals surface area contributed by atoms with Gasteiger partial charge in [0.25, 0.3) is 0 Å². The van der Waals surface area contributed by atoms with Crippen molar-refractivity contribution in [2.75, 3.05) is 0 Å². The molecule has 0 aliphatic rings. The molecule has 112 valence electrons. The summed E-state index contributed by atoms with van der Waals surface area (Å²) in [7, 11) is 0. The van der Waals surface area contributed by atoms with E-state index in [0.29, 0.717) is 0 Å². The van der Waals surface area contributed by atoms with Crippen LogP contribution in [0.5, 0.6) is 0 Å². The molecule has 4 heteroatoms. The Labute approximate surface area is 129 Å². The van der Waals surface area contributed by atoms with Gasteiger partial charge in [0.05, 0.1) is 12.5 Å². The molecular weight excluding hydrogens is 282 g/mol. The summed E-state index contributed by atoms with van der Waals surface area (Å²) in [5.74, 6) is -0.783. The predicted molar refractivity (Wildman–Crippen MR) is 86.8 cm³/mol. The highest BCUT2D eigenvalue weighted by Gasteiger charge is 2.20. The van der Waals surface area contributed by atoms with Crippen molar-refractivity contribution in [3.8, 4) is 0 Å². The summed E-state index contributed by atoms with van der Waals surface area (Å²) in [6.45, 7) is 6.25. The Hall–Kier alpha value is -1.65. The van der Waals surface area contributed by atoms with Gasteiger partial charge in [0.15, 0.2) is 0 Å². The minimum absolute atomic E-state index is 0.0930. The van der Waals surface area contributed by atoms with Crippen LogP contribution in [0.15, 0.2) is 35.7 Å². The van der Waals surface area contributed by atoms with Crippen LogP contribution in [0.25, 0.3) is 0 Å². The van der Waals surface area contributed by atoms with Gasteiger partial charge in [0.2, 0.25) is 0 Å². The van der Waals surface area contributed by atoms with Gasteiger partial charge in [-0.2, -0.15) is 0 Å². The number of nitrogens with one attached hydrogen (secondary N) is 1. The first-order valence-electron chi connectivity index (χ1n) is 7.05. The largest absolute Gasteiger partial charge is 0.481 e. The first-order valence-corrected chi connectivity index (χ1v) is 7.93. The number of carboxylic acids is 1. The molecule has 0 spiro atoms. The molecule has 21 heavy (non-hydrogen) atoms. The van der Waals surface area contributed by atoms with Gasteiger partial charge in [0, 0.05) is 10.9 Å². The summed E-state index contributed by atoms with van der Waals surface area (Å²) in [6.07, 6.45) is 0.0930. The highest BCUT2D eigenvalue weighted by molar-refractivity contribution is 7.10. The highest BCUT2D eigenvalue weighted by Crippen LogP contribution is 2.27. The third-order valence-corrected chi connectivity index (χ3v) is 4.60. The number of carboxylic acid groups (broad SMARTS) is 1. The Morgan fingerprint density at radius 2 is 2.10 bits per heavy atom. The van der Waals surface area contributed by atoms with E-state index in [1.165, 1.54) is 16.7 Å². The molecule has 1 aromatic heterocycles. The van der Waals surface area contributed by atoms with Crippen LogP contribution >= 0.6 is 11.3 Å². The Bertz CT molecular complexity index is 607. The highest BCUT2D eigenvalue weighted by atomic mass is 32.1. The number of thiophene rings is 1. The van der Waals surface area contributed by atoms with E-state index in [2.05, 4.69) is 44.3 Å². The lowest BCUT2D eigenvalue weighted by atomic mass is 9.99. The maximum Gasteiger partial charge on any atom is 0.305 e. The summed E-state index contributed by atoms with van der Waals surface area (Å²) in [5.41, 5.74) is 3.66. The lowest BCUT2D eigenvalue weighted by Gasteiger charge is -2.23. The van der Waals surface area contributed by atoms with Crippen LogP contribution in [0.2, 0.25) is 0 Å². The van der Waals surface area contributed by atoms with Crippen LogP contribution in [0.3, 0.4) is 0 Å². The summed E-state index contributed by atoms with van der Waals surface area (Å²) < 4.78 is 0. The van der Waals surface area contributed by atoms with Gasteiger partial charge in [-0.15, -0.1) is 11.3 Å². The fourth-order valence-electron chi connectivity index (χ4n) is 2.52. The molecule has 0 bridgehead atoms. The van der Waals surface area contributed by atoms with E-state index in [1.807, 2.05) is 17.5 Å². The van der Waals surface area contributed by atoms with Gasteiger partial charge in [0.1, 0.15) is 0 Å². The van der Waals surface area contributed by atoms with Crippen LogP contribution in [0.1, 0.15) is 47.0 Å². The van der Waals surface area contributed by atoms with Crippen LogP contribution in [-0.4, -0.2) is 11.1 Å². The van der Waals surface area contributed by atoms with Crippen LogP contribution in [0, 0.1) is 13.8 Å². The lowest BCUT2D eigenvalue weighted by molar-refractivity contribution is -0.137. The van der Waals surface area contributed by atoms with Crippen LogP contribution in [-0.2, 0) is 4.79 Å². The average molecular weight is 303 g/mol. The molecule has 2 N–H and O–H groups in total. The van der Waals surface area contributed by atoms with E-state index < -0.39 is 5.97 Å². The molecule has 0 radical (unpaired) electrons. The maximum atomic E-state index is 11.1. The van der Waals surface area contributed by atoms with Gasteiger partial charge < -0.3 is 10.4 Å². The van der Waals surface area contributed by atoms with E-state index in [-0.39, 0.29) is 18.5 Å². The first-order chi connectivity index (χ1) is 9.97. The fraction of sp³-hybridized carbons (Fsp3) is 0.353. The summed E-state index contributed by atoms with van der Waals surface area (Å²) >= 11 is 1.59. The molecule has 0 saturated carbocycles. The fourth-order valence-corrected chi connectivity index (χ4v) is 3.31. The van der Waals surface area contributed by atoms with E-state index in [1.54, 1.807) is 11.3 Å². The molecule has 2 aromatic rings. The Morgan fingerprint density at radius 3 is 2.71 bits per heavy atom. The van der Waals surface area contributed by atoms with Crippen molar-refractivity contribution in [2.24, 2.45) is 0 Å². The topological polar surface area (TPSA) is 49.3 Å². The molecule has 2 unspecified atom stereocenters. The van der Waals surface area contributed by atoms with Crippen molar-refractivity contribution < 1.29 is 9.90 Å². The zero-order valence-electron chi connectivity index (χ0n) is 12.6. The molecule has 0 amide bonds. The SMILES string of the molecule is Cc1ccc(C)c(C(C)NC(CC(=O)O)c2cccs2)c1. The van der Waals surface area contributed by atoms with Gasteiger partial charge >= 0.3 is 5.97 Å². The minimum Gasteiger partial charge on any atom is -0.481 e. The second kappa shape index (κ2) is 6.87. The number of benzene rings is 1. The van der Waals surface area contributed by atoms with Crippen molar-refractivity contribution in [1.29, 1.82) is 0 Å². The molecule has 2 atom stereocenters. The predicted octanol–water partition coefficient (Wildman–Crippen LogP) is 4.23. The molecule has 0 saturated heterocycles. The maximum absolute atomic E-state index is 11.1. The van der Waals surface area contributed by atoms with Gasteiger partial charge in [-0.3, -0.25) is 4.79 Å². The quantitative estimate of drug-likeness (QED) is 0.839. The van der Waals surface area contributed by atoms with Crippen LogP contribution in [0.4, 0.5) is 0 Å². The third-order valence-electron chi connectivity index (χ3n) is 3.62. The lowest BCUT2D eigenvalue weighted by Crippen LogP contribution is -2.26. The molecule has 0 aliphatic carbocycles. The average Bonchev–Trinajstić information content (AvgIpc) is 2.94. The molecule has 0 aliphatic heterocycles. The summed E-state index contributed by atoms with van der Waals surface area (Å²) in [6, 6.07) is 10.3. The normalized spacial score (nSPS) is 13.9. The number of aryl methyl sites for hydroxylation is 2. The zero-order chi connectivity index (χ0) is 15.4. The Morgan fingerprint density at radius 1 is 1.33 bits per heavy atom. The van der Waals surface area contributed by atoms with Crippen molar-refractivity contribution in [3.63, 3.8) is 0 Å². The summed E-state index contributed by atoms with van der Waals surface area (Å²) in [5, 5.41) is 14.6. The minimum atomic E-state index is -0.783. The van der Waals surface area contributed by atoms with Gasteiger partial charge in [-0.25, -0.2) is 0 Å². The molecule has 1 aromatic carbocycles. The smallest absolute Gasteiger partial charge is 0.305 e. The first kappa shape index (κ1) is 15.7. The number of hydrogen-bond acceptors (Lipinski definition) is 3. The van der Waals surface area contributed by atoms with E-state index in [0.717, 1.165) is 4.88 Å². The Balaban J connectivity index is 2.19. The molecule has 2 rings (SSSR count). The summed E-state index contributed by atoms with van der Waals surface area (Å²) in [4.78, 5) is 12.2. The van der Waals surface area contributed by atoms with Crippen molar-refractivity contribution in [1.82, 2.24) is 5.32 Å². The van der Waals surface area contributed by atoms with Crippen molar-refractivity contribution >= 4 is 17.3 Å². The number of aliphatic carboxylic acids is 1. The second-order valence-corrected chi connectivity index (χ2v) is 6.39. The second-order valence-electron chi connectivity index (χ2n) is 5.41. The number of rotatable bonds is 6. The van der Waals surface area contributed by atoms with E-state index in [4.69, 9.17) is 5.11 Å². The van der Waals surface area contributed by atoms with Crippen molar-refractivity contribution in [2.45, 2.75) is 39.3 Å². The van der Waals surface area contributed by atoms with Gasteiger partial charge in [-0.1, -0.05) is 29.8 Å². The van der Waals surface area contributed by atoms with E-state index in [9.17, 15) is 4.79 Å². The zero-order valence-corrected chi connectivity index (χ0v) is 13.4.